The van der Waals surface area contributed by atoms with Crippen LogP contribution in [0.1, 0.15) is 46.7 Å². The normalized spacial score (nSPS) is 15.7. The molecule has 0 bridgehead atoms. The van der Waals surface area contributed by atoms with Crippen molar-refractivity contribution in [2.75, 3.05) is 61.7 Å². The molecule has 0 spiro atoms. The van der Waals surface area contributed by atoms with Gasteiger partial charge in [-0.1, -0.05) is 64.8 Å². The second-order valence-corrected chi connectivity index (χ2v) is 11.9. The van der Waals surface area contributed by atoms with E-state index in [1.54, 1.807) is 30.1 Å². The number of amides is 1. The fraction of sp³-hybridized carbons (Fsp3) is 0.412. The monoisotopic (exact) mass is 657 g/mol. The zero-order valence-electron chi connectivity index (χ0n) is 26.4. The summed E-state index contributed by atoms with van der Waals surface area (Å²) in [6.45, 7) is 2.41. The standard InChI is InChI=1S/C34H41Cl2N3O6/c1-38(33(40)24-20-30(42-2)32(44-4)31(21-24)43-3)22-29(37-45-5)26(23-11-12-27(35)28(36)19-23)13-16-39-17-14-34(41,15-18-39)25-9-7-6-8-10-25/h6-12,19-21,26,41H,13-18,22H2,1-5H3/b37-29+. The fourth-order valence-electron chi connectivity index (χ4n) is 5.81. The number of hydrogen-bond acceptors (Lipinski definition) is 8. The molecule has 0 aliphatic carbocycles. The Bertz CT molecular complexity index is 1450. The number of benzene rings is 3. The van der Waals surface area contributed by atoms with Crippen LogP contribution < -0.4 is 14.2 Å². The number of halogens is 2. The Kier molecular flexibility index (Phi) is 12.0. The third-order valence-corrected chi connectivity index (χ3v) is 9.08. The molecule has 242 valence electrons. The van der Waals surface area contributed by atoms with Crippen molar-refractivity contribution in [2.45, 2.75) is 30.8 Å². The molecule has 1 atom stereocenters. The summed E-state index contributed by atoms with van der Waals surface area (Å²) in [7, 11) is 7.72. The minimum absolute atomic E-state index is 0.183. The Morgan fingerprint density at radius 3 is 2.16 bits per heavy atom. The van der Waals surface area contributed by atoms with Crippen molar-refractivity contribution in [3.05, 3.63) is 87.4 Å². The quantitative estimate of drug-likeness (QED) is 0.172. The van der Waals surface area contributed by atoms with Crippen molar-refractivity contribution in [1.82, 2.24) is 9.80 Å². The Morgan fingerprint density at radius 2 is 1.60 bits per heavy atom. The molecule has 1 unspecified atom stereocenters. The largest absolute Gasteiger partial charge is 0.493 e. The molecule has 0 saturated carbocycles. The number of methoxy groups -OCH3 is 3. The van der Waals surface area contributed by atoms with Gasteiger partial charge < -0.3 is 34.0 Å². The predicted octanol–water partition coefficient (Wildman–Crippen LogP) is 6.25. The molecule has 0 radical (unpaired) electrons. The van der Waals surface area contributed by atoms with Crippen molar-refractivity contribution in [3.8, 4) is 17.2 Å². The average molecular weight is 659 g/mol. The van der Waals surface area contributed by atoms with Crippen LogP contribution in [0.25, 0.3) is 0 Å². The molecule has 45 heavy (non-hydrogen) atoms. The van der Waals surface area contributed by atoms with E-state index in [0.29, 0.717) is 57.8 Å². The van der Waals surface area contributed by atoms with Gasteiger partial charge in [-0.25, -0.2) is 0 Å². The third kappa shape index (κ3) is 8.21. The van der Waals surface area contributed by atoms with Crippen molar-refractivity contribution in [2.24, 2.45) is 5.16 Å². The van der Waals surface area contributed by atoms with E-state index in [0.717, 1.165) is 30.8 Å². The lowest BCUT2D eigenvalue weighted by atomic mass is 9.84. The number of piperidine rings is 1. The molecule has 1 heterocycles. The lowest BCUT2D eigenvalue weighted by Crippen LogP contribution is -2.43. The third-order valence-electron chi connectivity index (χ3n) is 8.34. The van der Waals surface area contributed by atoms with Gasteiger partial charge >= 0.3 is 0 Å². The first-order valence-electron chi connectivity index (χ1n) is 14.7. The van der Waals surface area contributed by atoms with Crippen LogP contribution in [0.5, 0.6) is 17.2 Å². The van der Waals surface area contributed by atoms with Crippen LogP contribution in [0.4, 0.5) is 0 Å². The number of oxime groups is 1. The number of likely N-dealkylation sites (tertiary alicyclic amines) is 1. The molecule has 3 aromatic rings. The summed E-state index contributed by atoms with van der Waals surface area (Å²) in [5.41, 5.74) is 2.05. The van der Waals surface area contributed by atoms with Gasteiger partial charge in [0, 0.05) is 31.6 Å². The minimum Gasteiger partial charge on any atom is -0.493 e. The van der Waals surface area contributed by atoms with E-state index >= 15 is 0 Å². The highest BCUT2D eigenvalue weighted by atomic mass is 35.5. The van der Waals surface area contributed by atoms with Crippen LogP contribution in [-0.4, -0.2) is 88.2 Å². The molecule has 3 aromatic carbocycles. The van der Waals surface area contributed by atoms with Gasteiger partial charge in [0.15, 0.2) is 11.5 Å². The van der Waals surface area contributed by atoms with E-state index < -0.39 is 5.60 Å². The van der Waals surface area contributed by atoms with Crippen molar-refractivity contribution >= 4 is 34.8 Å². The Labute approximate surface area is 275 Å². The number of hydrogen-bond donors (Lipinski definition) is 1. The molecule has 1 amide bonds. The van der Waals surface area contributed by atoms with Gasteiger partial charge in [-0.15, -0.1) is 0 Å². The second-order valence-electron chi connectivity index (χ2n) is 11.1. The lowest BCUT2D eigenvalue weighted by Gasteiger charge is -2.39. The first-order valence-corrected chi connectivity index (χ1v) is 15.5. The fourth-order valence-corrected chi connectivity index (χ4v) is 6.12. The smallest absolute Gasteiger partial charge is 0.254 e. The van der Waals surface area contributed by atoms with E-state index in [9.17, 15) is 9.90 Å². The molecule has 0 aromatic heterocycles. The Hall–Kier alpha value is -3.50. The summed E-state index contributed by atoms with van der Waals surface area (Å²) in [5, 5.41) is 16.6. The van der Waals surface area contributed by atoms with Crippen LogP contribution in [0.3, 0.4) is 0 Å². The Balaban J connectivity index is 1.55. The molecule has 4 rings (SSSR count). The van der Waals surface area contributed by atoms with Crippen LogP contribution in [0.2, 0.25) is 10.0 Å². The summed E-state index contributed by atoms with van der Waals surface area (Å²) in [4.78, 5) is 22.9. The van der Waals surface area contributed by atoms with E-state index in [4.69, 9.17) is 42.3 Å². The molecule has 11 heteroatoms. The number of ether oxygens (including phenoxy) is 3. The number of carbonyl (C=O) groups excluding carboxylic acids is 1. The maximum Gasteiger partial charge on any atom is 0.254 e. The van der Waals surface area contributed by atoms with Crippen LogP contribution in [0, 0.1) is 0 Å². The number of aliphatic hydroxyl groups is 1. The highest BCUT2D eigenvalue weighted by molar-refractivity contribution is 6.42. The molecular formula is C34H41Cl2N3O6. The van der Waals surface area contributed by atoms with Gasteiger partial charge in [-0.05, 0) is 61.2 Å². The molecule has 9 nitrogen and oxygen atoms in total. The van der Waals surface area contributed by atoms with Crippen LogP contribution >= 0.6 is 23.2 Å². The predicted molar refractivity (Wildman–Crippen MR) is 177 cm³/mol. The molecule has 1 saturated heterocycles. The van der Waals surface area contributed by atoms with Gasteiger partial charge in [0.2, 0.25) is 5.75 Å². The molecular weight excluding hydrogens is 617 g/mol. The summed E-state index contributed by atoms with van der Waals surface area (Å²) in [6.07, 6.45) is 1.95. The summed E-state index contributed by atoms with van der Waals surface area (Å²) in [5.74, 6) is 0.676. The Morgan fingerprint density at radius 1 is 0.956 bits per heavy atom. The molecule has 1 N–H and O–H groups in total. The summed E-state index contributed by atoms with van der Waals surface area (Å²) in [6, 6.07) is 18.6. The maximum absolute atomic E-state index is 13.7. The first-order chi connectivity index (χ1) is 21.6. The van der Waals surface area contributed by atoms with E-state index in [2.05, 4.69) is 10.1 Å². The maximum atomic E-state index is 13.7. The second kappa shape index (κ2) is 15.7. The van der Waals surface area contributed by atoms with Gasteiger partial charge in [-0.2, -0.15) is 0 Å². The van der Waals surface area contributed by atoms with Crippen molar-refractivity contribution < 1.29 is 28.9 Å². The topological polar surface area (TPSA) is 93.1 Å². The van der Waals surface area contributed by atoms with Gasteiger partial charge in [0.25, 0.3) is 5.91 Å². The van der Waals surface area contributed by atoms with Crippen LogP contribution in [0.15, 0.2) is 65.8 Å². The molecule has 1 aliphatic rings. The van der Waals surface area contributed by atoms with Crippen LogP contribution in [-0.2, 0) is 10.4 Å². The SMILES string of the molecule is CO/N=C(\CN(C)C(=O)c1cc(OC)c(OC)c(OC)c1)C(CCN1CCC(O)(c2ccccc2)CC1)c1ccc(Cl)c(Cl)c1. The van der Waals surface area contributed by atoms with E-state index in [1.807, 2.05) is 42.5 Å². The first kappa shape index (κ1) is 34.4. The lowest BCUT2D eigenvalue weighted by molar-refractivity contribution is -0.0261. The van der Waals surface area contributed by atoms with Crippen molar-refractivity contribution in [3.63, 3.8) is 0 Å². The molecule has 1 fully saturated rings. The van der Waals surface area contributed by atoms with E-state index in [-0.39, 0.29) is 18.4 Å². The highest BCUT2D eigenvalue weighted by Crippen LogP contribution is 2.39. The summed E-state index contributed by atoms with van der Waals surface area (Å²) >= 11 is 12.7. The zero-order valence-corrected chi connectivity index (χ0v) is 27.9. The minimum atomic E-state index is -0.834. The number of nitrogens with zero attached hydrogens (tertiary/aromatic N) is 3. The summed E-state index contributed by atoms with van der Waals surface area (Å²) < 4.78 is 16.3. The van der Waals surface area contributed by atoms with Gasteiger partial charge in [0.1, 0.15) is 7.11 Å². The zero-order chi connectivity index (χ0) is 32.6. The van der Waals surface area contributed by atoms with Gasteiger partial charge in [-0.3, -0.25) is 4.79 Å². The van der Waals surface area contributed by atoms with Gasteiger partial charge in [0.05, 0.1) is 49.2 Å². The van der Waals surface area contributed by atoms with Crippen molar-refractivity contribution in [1.29, 1.82) is 0 Å². The highest BCUT2D eigenvalue weighted by Gasteiger charge is 2.34. The average Bonchev–Trinajstić information content (AvgIpc) is 3.06. The van der Waals surface area contributed by atoms with E-state index in [1.165, 1.54) is 28.4 Å². The number of carbonyl (C=O) groups is 1. The molecule has 1 aliphatic heterocycles. The number of rotatable bonds is 13.